The van der Waals surface area contributed by atoms with Crippen molar-refractivity contribution in [2.24, 2.45) is 0 Å². The molecule has 0 atom stereocenters. The van der Waals surface area contributed by atoms with Gasteiger partial charge in [0.05, 0.1) is 19.3 Å². The van der Waals surface area contributed by atoms with E-state index in [2.05, 4.69) is 4.98 Å². The van der Waals surface area contributed by atoms with Gasteiger partial charge in [-0.2, -0.15) is 0 Å². The topological polar surface area (TPSA) is 45.3 Å². The number of rotatable bonds is 10. The maximum atomic E-state index is 13.2. The Morgan fingerprint density at radius 1 is 1.07 bits per heavy atom. The summed E-state index contributed by atoms with van der Waals surface area (Å²) in [6, 6.07) is 12.0. The van der Waals surface area contributed by atoms with Gasteiger partial charge < -0.3 is 14.6 Å². The van der Waals surface area contributed by atoms with E-state index in [1.165, 1.54) is 19.2 Å². The molecule has 1 aromatic heterocycles. The molecule has 3 aromatic rings. The summed E-state index contributed by atoms with van der Waals surface area (Å²) in [5.74, 6) is 0.103. The first kappa shape index (κ1) is 20.8. The Hall–Kier alpha value is -2.89. The Bertz CT molecular complexity index is 938. The molecule has 0 aliphatic heterocycles. The minimum atomic E-state index is -0.465. The molecule has 0 radical (unpaired) electrons. The number of carbonyl (C=O) groups excluding carboxylic acids is 1. The highest BCUT2D eigenvalue weighted by Gasteiger charge is 2.20. The van der Waals surface area contributed by atoms with Crippen LogP contribution in [0.15, 0.2) is 48.7 Å². The van der Waals surface area contributed by atoms with E-state index in [-0.39, 0.29) is 11.7 Å². The second-order valence-electron chi connectivity index (χ2n) is 7.04. The number of nitrogens with one attached hydrogen (secondary N) is 1. The molecule has 1 amide bonds. The van der Waals surface area contributed by atoms with Crippen LogP contribution in [0.2, 0.25) is 0 Å². The number of methoxy groups -OCH3 is 1. The molecule has 1 heterocycles. The van der Waals surface area contributed by atoms with Gasteiger partial charge in [-0.1, -0.05) is 12.1 Å². The summed E-state index contributed by atoms with van der Waals surface area (Å²) in [7, 11) is 1.54. The van der Waals surface area contributed by atoms with Crippen molar-refractivity contribution in [3.05, 3.63) is 65.6 Å². The molecule has 0 aliphatic carbocycles. The van der Waals surface area contributed by atoms with E-state index in [9.17, 15) is 13.6 Å². The van der Waals surface area contributed by atoms with Crippen LogP contribution in [0.3, 0.4) is 0 Å². The number of aryl methyl sites for hydroxylation is 1. The van der Waals surface area contributed by atoms with Gasteiger partial charge in [0.2, 0.25) is 0 Å². The predicted octanol–water partition coefficient (Wildman–Crippen LogP) is 5.14. The lowest BCUT2D eigenvalue weighted by atomic mass is 10.1. The number of benzene rings is 2. The van der Waals surface area contributed by atoms with E-state index < -0.39 is 6.67 Å². The summed E-state index contributed by atoms with van der Waals surface area (Å²) in [5, 5.41) is 0.927. The molecule has 0 saturated carbocycles. The van der Waals surface area contributed by atoms with Gasteiger partial charge in [-0.15, -0.1) is 0 Å². The third-order valence-electron chi connectivity index (χ3n) is 5.01. The number of hydrogen-bond donors (Lipinski definition) is 1. The fraction of sp³-hybridized carbons (Fsp3) is 0.348. The Morgan fingerprint density at radius 2 is 1.83 bits per heavy atom. The molecule has 29 heavy (non-hydrogen) atoms. The number of halogens is 2. The lowest BCUT2D eigenvalue weighted by Gasteiger charge is -2.23. The second kappa shape index (κ2) is 10.0. The van der Waals surface area contributed by atoms with Crippen LogP contribution < -0.4 is 4.74 Å². The maximum Gasteiger partial charge on any atom is 0.257 e. The largest absolute Gasteiger partial charge is 0.496 e. The van der Waals surface area contributed by atoms with Crippen LogP contribution in [0.5, 0.6) is 5.75 Å². The zero-order chi connectivity index (χ0) is 20.6. The molecule has 0 bridgehead atoms. The number of amides is 1. The van der Waals surface area contributed by atoms with Crippen molar-refractivity contribution in [3.8, 4) is 5.75 Å². The highest BCUT2D eigenvalue weighted by molar-refractivity contribution is 6.01. The first-order valence-corrected chi connectivity index (χ1v) is 9.87. The van der Waals surface area contributed by atoms with Crippen molar-refractivity contribution in [3.63, 3.8) is 0 Å². The normalized spacial score (nSPS) is 11.0. The summed E-state index contributed by atoms with van der Waals surface area (Å²) in [5.41, 5.74) is 2.44. The van der Waals surface area contributed by atoms with Crippen molar-refractivity contribution in [1.82, 2.24) is 9.88 Å². The van der Waals surface area contributed by atoms with Crippen LogP contribution in [0.25, 0.3) is 10.9 Å². The summed E-state index contributed by atoms with van der Waals surface area (Å²) in [6.07, 6.45) is 4.57. The standard InChI is InChI=1S/C23H26F2N2O2/c1-29-22-16-21-18(10-12-26-21)15-20(22)23(28)27(14-4-11-24)13-3-2-5-17-6-8-19(25)9-7-17/h6-10,12,15-16,26H,2-5,11,13-14H2,1H3. The molecule has 0 aliphatic rings. The van der Waals surface area contributed by atoms with Crippen molar-refractivity contribution >= 4 is 16.8 Å². The molecular weight excluding hydrogens is 374 g/mol. The van der Waals surface area contributed by atoms with Crippen LogP contribution in [0, 0.1) is 5.82 Å². The van der Waals surface area contributed by atoms with Crippen LogP contribution in [-0.2, 0) is 6.42 Å². The molecule has 6 heteroatoms. The summed E-state index contributed by atoms with van der Waals surface area (Å²) in [6.45, 7) is 0.432. The molecule has 0 unspecified atom stereocenters. The molecule has 0 fully saturated rings. The smallest absolute Gasteiger partial charge is 0.257 e. The van der Waals surface area contributed by atoms with Crippen molar-refractivity contribution in [1.29, 1.82) is 0 Å². The van der Waals surface area contributed by atoms with Crippen LogP contribution in [0.1, 0.15) is 35.2 Å². The average Bonchev–Trinajstić information content (AvgIpc) is 3.20. The number of H-pyrrole nitrogens is 1. The molecule has 4 nitrogen and oxygen atoms in total. The number of ether oxygens (including phenoxy) is 1. The van der Waals surface area contributed by atoms with Crippen LogP contribution in [0.4, 0.5) is 8.78 Å². The molecule has 3 rings (SSSR count). The van der Waals surface area contributed by atoms with Gasteiger partial charge in [-0.05, 0) is 55.5 Å². The molecule has 0 saturated heterocycles. The Balaban J connectivity index is 1.67. The van der Waals surface area contributed by atoms with Crippen LogP contribution >= 0.6 is 0 Å². The minimum absolute atomic E-state index is 0.153. The quantitative estimate of drug-likeness (QED) is 0.479. The maximum absolute atomic E-state index is 13.2. The third kappa shape index (κ3) is 5.34. The highest BCUT2D eigenvalue weighted by atomic mass is 19.1. The first-order chi connectivity index (χ1) is 14.1. The number of alkyl halides is 1. The predicted molar refractivity (Wildman–Crippen MR) is 111 cm³/mol. The van der Waals surface area contributed by atoms with Gasteiger partial charge in [-0.3, -0.25) is 9.18 Å². The second-order valence-corrected chi connectivity index (χ2v) is 7.04. The average molecular weight is 400 g/mol. The van der Waals surface area contributed by atoms with Gasteiger partial charge in [0.25, 0.3) is 5.91 Å². The highest BCUT2D eigenvalue weighted by Crippen LogP contribution is 2.26. The van der Waals surface area contributed by atoms with E-state index in [0.29, 0.717) is 30.8 Å². The van der Waals surface area contributed by atoms with Gasteiger partial charge in [0.1, 0.15) is 11.6 Å². The number of aromatic amines is 1. The number of nitrogens with zero attached hydrogens (tertiary/aromatic N) is 1. The molecule has 1 N–H and O–H groups in total. The van der Waals surface area contributed by atoms with Crippen molar-refractivity contribution in [2.45, 2.75) is 25.7 Å². The fourth-order valence-electron chi connectivity index (χ4n) is 3.44. The molecule has 0 spiro atoms. The zero-order valence-corrected chi connectivity index (χ0v) is 16.6. The number of fused-ring (bicyclic) bond motifs is 1. The van der Waals surface area contributed by atoms with E-state index in [1.807, 2.05) is 24.4 Å². The fourth-order valence-corrected chi connectivity index (χ4v) is 3.44. The number of aromatic nitrogens is 1. The first-order valence-electron chi connectivity index (χ1n) is 9.87. The van der Waals surface area contributed by atoms with Crippen molar-refractivity contribution in [2.75, 3.05) is 26.9 Å². The van der Waals surface area contributed by atoms with Gasteiger partial charge >= 0.3 is 0 Å². The summed E-state index contributed by atoms with van der Waals surface area (Å²) >= 11 is 0. The van der Waals surface area contributed by atoms with Gasteiger partial charge in [0.15, 0.2) is 0 Å². The Kier molecular flexibility index (Phi) is 7.22. The molecule has 154 valence electrons. The van der Waals surface area contributed by atoms with E-state index >= 15 is 0 Å². The number of carbonyl (C=O) groups is 1. The molecule has 2 aromatic carbocycles. The van der Waals surface area contributed by atoms with Gasteiger partial charge in [0, 0.05) is 36.3 Å². The Labute approximate surface area is 169 Å². The SMILES string of the molecule is COc1cc2[nH]ccc2cc1C(=O)N(CCCF)CCCCc1ccc(F)cc1. The van der Waals surface area contributed by atoms with E-state index in [4.69, 9.17) is 4.74 Å². The monoisotopic (exact) mass is 400 g/mol. The van der Waals surface area contributed by atoms with E-state index in [1.54, 1.807) is 17.0 Å². The summed E-state index contributed by atoms with van der Waals surface area (Å²) in [4.78, 5) is 18.0. The summed E-state index contributed by atoms with van der Waals surface area (Å²) < 4.78 is 31.2. The number of hydrogen-bond acceptors (Lipinski definition) is 2. The lowest BCUT2D eigenvalue weighted by Crippen LogP contribution is -2.33. The minimum Gasteiger partial charge on any atom is -0.496 e. The third-order valence-corrected chi connectivity index (χ3v) is 5.01. The zero-order valence-electron chi connectivity index (χ0n) is 16.6. The Morgan fingerprint density at radius 3 is 2.55 bits per heavy atom. The van der Waals surface area contributed by atoms with Gasteiger partial charge in [-0.25, -0.2) is 4.39 Å². The van der Waals surface area contributed by atoms with Crippen LogP contribution in [-0.4, -0.2) is 42.7 Å². The lowest BCUT2D eigenvalue weighted by molar-refractivity contribution is 0.0744. The van der Waals surface area contributed by atoms with Crippen molar-refractivity contribution < 1.29 is 18.3 Å². The number of unbranched alkanes of at least 4 members (excludes halogenated alkanes) is 1. The van der Waals surface area contributed by atoms with E-state index in [0.717, 1.165) is 35.7 Å². The molecular formula is C23H26F2N2O2.